The Morgan fingerprint density at radius 1 is 1.08 bits per heavy atom. The number of benzene rings is 2. The van der Waals surface area contributed by atoms with Gasteiger partial charge < -0.3 is 14.6 Å². The molecule has 1 aliphatic rings. The standard InChI is InChI=1S/C19H17Cl2N3O2/c20-16-6-1-12(7-17(16)21)11-25-15-4-2-14(3-5-15)19-23-18(26-24-19)8-13-9-22-10-13/h1-7,13,22H,8-11H2. The van der Waals surface area contributed by atoms with E-state index in [2.05, 4.69) is 15.5 Å². The van der Waals surface area contributed by atoms with Crippen LogP contribution >= 0.6 is 23.2 Å². The minimum atomic E-state index is 0.415. The number of ether oxygens (including phenoxy) is 1. The second kappa shape index (κ2) is 7.66. The van der Waals surface area contributed by atoms with Gasteiger partial charge in [0.1, 0.15) is 12.4 Å². The molecule has 0 saturated carbocycles. The normalized spacial score (nSPS) is 14.2. The molecule has 2 aromatic carbocycles. The van der Waals surface area contributed by atoms with Crippen molar-refractivity contribution >= 4 is 23.2 Å². The van der Waals surface area contributed by atoms with E-state index in [1.165, 1.54) is 0 Å². The quantitative estimate of drug-likeness (QED) is 0.677. The Morgan fingerprint density at radius 2 is 1.88 bits per heavy atom. The highest BCUT2D eigenvalue weighted by Gasteiger charge is 2.20. The topological polar surface area (TPSA) is 60.2 Å². The number of aromatic nitrogens is 2. The van der Waals surface area contributed by atoms with Crippen LogP contribution in [-0.4, -0.2) is 23.2 Å². The lowest BCUT2D eigenvalue weighted by atomic mass is 10.00. The second-order valence-corrected chi connectivity index (χ2v) is 7.12. The molecule has 5 nitrogen and oxygen atoms in total. The smallest absolute Gasteiger partial charge is 0.227 e. The van der Waals surface area contributed by atoms with Crippen LogP contribution in [0.1, 0.15) is 11.5 Å². The molecule has 0 spiro atoms. The molecule has 1 aromatic heterocycles. The van der Waals surface area contributed by atoms with Gasteiger partial charge in [-0.3, -0.25) is 0 Å². The largest absolute Gasteiger partial charge is 0.489 e. The lowest BCUT2D eigenvalue weighted by molar-refractivity contribution is 0.296. The molecule has 7 heteroatoms. The molecule has 2 heterocycles. The average molecular weight is 390 g/mol. The van der Waals surface area contributed by atoms with Crippen LogP contribution in [0.4, 0.5) is 0 Å². The van der Waals surface area contributed by atoms with Crippen molar-refractivity contribution in [3.63, 3.8) is 0 Å². The summed E-state index contributed by atoms with van der Waals surface area (Å²) in [6.07, 6.45) is 0.824. The van der Waals surface area contributed by atoms with Gasteiger partial charge in [0.25, 0.3) is 0 Å². The van der Waals surface area contributed by atoms with Gasteiger partial charge in [0.15, 0.2) is 0 Å². The van der Waals surface area contributed by atoms with Crippen LogP contribution < -0.4 is 10.1 Å². The third-order valence-corrected chi connectivity index (χ3v) is 5.04. The fourth-order valence-corrected chi connectivity index (χ4v) is 3.01. The van der Waals surface area contributed by atoms with Crippen LogP contribution in [0.2, 0.25) is 10.0 Å². The summed E-state index contributed by atoms with van der Waals surface area (Å²) in [4.78, 5) is 4.47. The highest BCUT2D eigenvalue weighted by molar-refractivity contribution is 6.42. The number of rotatable bonds is 6. The summed E-state index contributed by atoms with van der Waals surface area (Å²) in [6.45, 7) is 2.45. The monoisotopic (exact) mass is 389 g/mol. The Bertz CT molecular complexity index is 892. The third kappa shape index (κ3) is 4.01. The summed E-state index contributed by atoms with van der Waals surface area (Å²) in [5, 5.41) is 8.36. The van der Waals surface area contributed by atoms with Gasteiger partial charge in [0.2, 0.25) is 11.7 Å². The Kier molecular flexibility index (Phi) is 5.11. The number of hydrogen-bond acceptors (Lipinski definition) is 5. The average Bonchev–Trinajstić information content (AvgIpc) is 3.08. The Balaban J connectivity index is 1.37. The molecule has 134 valence electrons. The fraction of sp³-hybridized carbons (Fsp3) is 0.263. The van der Waals surface area contributed by atoms with E-state index in [1.54, 1.807) is 12.1 Å². The molecular weight excluding hydrogens is 373 g/mol. The lowest BCUT2D eigenvalue weighted by Gasteiger charge is -2.25. The van der Waals surface area contributed by atoms with Gasteiger partial charge in [0.05, 0.1) is 10.0 Å². The van der Waals surface area contributed by atoms with E-state index in [1.807, 2.05) is 30.3 Å². The summed E-state index contributed by atoms with van der Waals surface area (Å²) in [5.74, 6) is 2.64. The van der Waals surface area contributed by atoms with Gasteiger partial charge in [-0.1, -0.05) is 34.4 Å². The molecule has 1 fully saturated rings. The molecule has 1 aliphatic heterocycles. The van der Waals surface area contributed by atoms with Crippen molar-refractivity contribution in [1.29, 1.82) is 0 Å². The minimum absolute atomic E-state index is 0.415. The van der Waals surface area contributed by atoms with Crippen molar-refractivity contribution in [2.45, 2.75) is 13.0 Å². The fourth-order valence-electron chi connectivity index (χ4n) is 2.69. The van der Waals surface area contributed by atoms with Crippen molar-refractivity contribution in [3.05, 3.63) is 64.0 Å². The van der Waals surface area contributed by atoms with Crippen LogP contribution in [0.3, 0.4) is 0 Å². The van der Waals surface area contributed by atoms with E-state index in [0.717, 1.165) is 36.4 Å². The number of hydrogen-bond donors (Lipinski definition) is 1. The summed E-state index contributed by atoms with van der Waals surface area (Å²) >= 11 is 11.9. The Hall–Kier alpha value is -2.08. The van der Waals surface area contributed by atoms with E-state index >= 15 is 0 Å². The SMILES string of the molecule is Clc1ccc(COc2ccc(-c3noc(CC4CNC4)n3)cc2)cc1Cl. The molecule has 1 saturated heterocycles. The zero-order valence-corrected chi connectivity index (χ0v) is 15.4. The van der Waals surface area contributed by atoms with Gasteiger partial charge in [-0.2, -0.15) is 4.98 Å². The first kappa shape index (κ1) is 17.3. The molecule has 0 amide bonds. The van der Waals surface area contributed by atoms with E-state index < -0.39 is 0 Å². The molecule has 3 aromatic rings. The summed E-state index contributed by atoms with van der Waals surface area (Å²) in [5.41, 5.74) is 1.85. The van der Waals surface area contributed by atoms with Crippen molar-refractivity contribution in [2.75, 3.05) is 13.1 Å². The lowest BCUT2D eigenvalue weighted by Crippen LogP contribution is -2.43. The second-order valence-electron chi connectivity index (χ2n) is 6.30. The van der Waals surface area contributed by atoms with E-state index in [9.17, 15) is 0 Å². The first-order valence-corrected chi connectivity index (χ1v) is 9.13. The van der Waals surface area contributed by atoms with E-state index in [4.69, 9.17) is 32.5 Å². The Morgan fingerprint density at radius 3 is 2.58 bits per heavy atom. The maximum absolute atomic E-state index is 6.02. The summed E-state index contributed by atoms with van der Waals surface area (Å²) in [7, 11) is 0. The molecule has 0 atom stereocenters. The Labute approximate surface area is 161 Å². The van der Waals surface area contributed by atoms with Gasteiger partial charge >= 0.3 is 0 Å². The summed E-state index contributed by atoms with van der Waals surface area (Å²) < 4.78 is 11.1. The van der Waals surface area contributed by atoms with E-state index in [0.29, 0.717) is 34.3 Å². The van der Waals surface area contributed by atoms with Crippen LogP contribution in [-0.2, 0) is 13.0 Å². The first-order chi connectivity index (χ1) is 12.7. The number of halogens is 2. The molecular formula is C19H17Cl2N3O2. The number of nitrogens with one attached hydrogen (secondary N) is 1. The predicted octanol–water partition coefficient (Wildman–Crippen LogP) is 4.38. The minimum Gasteiger partial charge on any atom is -0.489 e. The zero-order valence-electron chi connectivity index (χ0n) is 13.9. The maximum atomic E-state index is 6.02. The first-order valence-electron chi connectivity index (χ1n) is 8.38. The number of nitrogens with zero attached hydrogens (tertiary/aromatic N) is 2. The molecule has 0 aliphatic carbocycles. The highest BCUT2D eigenvalue weighted by Crippen LogP contribution is 2.25. The van der Waals surface area contributed by atoms with Crippen molar-refractivity contribution < 1.29 is 9.26 Å². The molecule has 0 unspecified atom stereocenters. The predicted molar refractivity (Wildman–Crippen MR) is 101 cm³/mol. The molecule has 0 bridgehead atoms. The van der Waals surface area contributed by atoms with Gasteiger partial charge in [-0.25, -0.2) is 0 Å². The van der Waals surface area contributed by atoms with E-state index in [-0.39, 0.29) is 0 Å². The molecule has 1 N–H and O–H groups in total. The van der Waals surface area contributed by atoms with Gasteiger partial charge in [-0.05, 0) is 61.0 Å². The van der Waals surface area contributed by atoms with Crippen LogP contribution in [0.15, 0.2) is 47.0 Å². The zero-order chi connectivity index (χ0) is 17.9. The van der Waals surface area contributed by atoms with Crippen LogP contribution in [0.5, 0.6) is 5.75 Å². The molecule has 26 heavy (non-hydrogen) atoms. The van der Waals surface area contributed by atoms with Crippen molar-refractivity contribution in [1.82, 2.24) is 15.5 Å². The van der Waals surface area contributed by atoms with Gasteiger partial charge in [-0.15, -0.1) is 0 Å². The highest BCUT2D eigenvalue weighted by atomic mass is 35.5. The van der Waals surface area contributed by atoms with Crippen LogP contribution in [0, 0.1) is 5.92 Å². The van der Waals surface area contributed by atoms with Crippen molar-refractivity contribution in [2.24, 2.45) is 5.92 Å². The van der Waals surface area contributed by atoms with Gasteiger partial charge in [0, 0.05) is 12.0 Å². The molecule has 4 rings (SSSR count). The summed E-state index contributed by atoms with van der Waals surface area (Å²) in [6, 6.07) is 13.1. The molecule has 0 radical (unpaired) electrons. The van der Waals surface area contributed by atoms with Crippen molar-refractivity contribution in [3.8, 4) is 17.1 Å². The van der Waals surface area contributed by atoms with Crippen LogP contribution in [0.25, 0.3) is 11.4 Å². The third-order valence-electron chi connectivity index (χ3n) is 4.30. The maximum Gasteiger partial charge on any atom is 0.227 e.